The van der Waals surface area contributed by atoms with Gasteiger partial charge in [-0.05, 0) is 69.1 Å². The molecule has 2 aromatic rings. The van der Waals surface area contributed by atoms with Gasteiger partial charge in [0.05, 0.1) is 11.9 Å². The van der Waals surface area contributed by atoms with Crippen LogP contribution in [0.1, 0.15) is 37.0 Å². The summed E-state index contributed by atoms with van der Waals surface area (Å²) >= 11 is 1.54. The number of fused-ring (bicyclic) bond motifs is 3. The Morgan fingerprint density at radius 1 is 1.10 bits per heavy atom. The second-order valence-electron chi connectivity index (χ2n) is 7.83. The highest BCUT2D eigenvalue weighted by Crippen LogP contribution is 2.32. The van der Waals surface area contributed by atoms with E-state index in [9.17, 15) is 9.59 Å². The maximum Gasteiger partial charge on any atom is 0.251 e. The highest BCUT2D eigenvalue weighted by atomic mass is 32.2. The molecular weight excluding hydrogens is 384 g/mol. The van der Waals surface area contributed by atoms with Crippen LogP contribution in [0.5, 0.6) is 0 Å². The Morgan fingerprint density at radius 2 is 1.83 bits per heavy atom. The third kappa shape index (κ3) is 4.62. The average Bonchev–Trinajstić information content (AvgIpc) is 2.71. The van der Waals surface area contributed by atoms with E-state index in [1.165, 1.54) is 19.8 Å². The summed E-state index contributed by atoms with van der Waals surface area (Å²) in [6.45, 7) is 6.00. The lowest BCUT2D eigenvalue weighted by atomic mass is 9.79. The smallest absolute Gasteiger partial charge is 0.251 e. The van der Waals surface area contributed by atoms with Gasteiger partial charge in [0, 0.05) is 40.6 Å². The molecule has 5 rings (SSSR count). The maximum absolute atomic E-state index is 12.8. The molecule has 7 heteroatoms. The number of rotatable bonds is 5. The van der Waals surface area contributed by atoms with Crippen LogP contribution in [0.25, 0.3) is 0 Å². The summed E-state index contributed by atoms with van der Waals surface area (Å²) < 4.78 is 0. The van der Waals surface area contributed by atoms with Gasteiger partial charge in [0.25, 0.3) is 5.91 Å². The molecule has 29 heavy (non-hydrogen) atoms. The van der Waals surface area contributed by atoms with Crippen molar-refractivity contribution in [2.75, 3.05) is 18.4 Å². The molecule has 2 atom stereocenters. The second-order valence-corrected chi connectivity index (χ2v) is 8.98. The van der Waals surface area contributed by atoms with Crippen LogP contribution >= 0.6 is 11.8 Å². The summed E-state index contributed by atoms with van der Waals surface area (Å²) in [6, 6.07) is 10.2. The number of carbonyl (C=O) groups is 2. The Balaban J connectivity index is 1.39. The minimum atomic E-state index is -0.123. The number of piperidine rings is 3. The first-order valence-electron chi connectivity index (χ1n) is 10.0. The molecule has 0 spiro atoms. The SMILES string of the molecule is CC(=O)Nc1cncc(Sc2ccc(C(=O)N[C@@H]3C4CCN(CC4)[C@H]3C)cc2)c1. The van der Waals surface area contributed by atoms with Gasteiger partial charge in [0.1, 0.15) is 0 Å². The summed E-state index contributed by atoms with van der Waals surface area (Å²) in [5.41, 5.74) is 1.35. The van der Waals surface area contributed by atoms with Crippen molar-refractivity contribution in [3.63, 3.8) is 0 Å². The molecule has 6 nitrogen and oxygen atoms in total. The van der Waals surface area contributed by atoms with Crippen LogP contribution in [-0.4, -0.2) is 46.9 Å². The minimum Gasteiger partial charge on any atom is -0.347 e. The van der Waals surface area contributed by atoms with E-state index in [0.717, 1.165) is 22.9 Å². The third-order valence-corrected chi connectivity index (χ3v) is 6.83. The number of amides is 2. The van der Waals surface area contributed by atoms with E-state index in [1.807, 2.05) is 30.3 Å². The molecule has 2 bridgehead atoms. The molecule has 0 radical (unpaired) electrons. The number of nitrogens with zero attached hydrogens (tertiary/aromatic N) is 2. The highest BCUT2D eigenvalue weighted by Gasteiger charge is 2.40. The molecule has 1 aromatic carbocycles. The molecule has 3 aliphatic rings. The topological polar surface area (TPSA) is 74.3 Å². The molecule has 4 heterocycles. The van der Waals surface area contributed by atoms with Crippen molar-refractivity contribution in [2.45, 2.75) is 48.6 Å². The number of nitrogens with one attached hydrogen (secondary N) is 2. The summed E-state index contributed by atoms with van der Waals surface area (Å²) in [5, 5.41) is 6.01. The predicted molar refractivity (Wildman–Crippen MR) is 114 cm³/mol. The predicted octanol–water partition coefficient (Wildman–Crippen LogP) is 3.40. The van der Waals surface area contributed by atoms with E-state index < -0.39 is 0 Å². The molecule has 1 aromatic heterocycles. The van der Waals surface area contributed by atoms with Gasteiger partial charge in [-0.2, -0.15) is 0 Å². The molecule has 152 valence electrons. The van der Waals surface area contributed by atoms with Crippen LogP contribution in [0.15, 0.2) is 52.5 Å². The van der Waals surface area contributed by atoms with Crippen molar-refractivity contribution in [1.29, 1.82) is 0 Å². The lowest BCUT2D eigenvalue weighted by Gasteiger charge is -2.49. The molecule has 0 aliphatic carbocycles. The number of anilines is 1. The number of benzene rings is 1. The number of hydrogen-bond acceptors (Lipinski definition) is 5. The molecule has 3 fully saturated rings. The zero-order chi connectivity index (χ0) is 20.4. The molecule has 0 unspecified atom stereocenters. The van der Waals surface area contributed by atoms with Gasteiger partial charge >= 0.3 is 0 Å². The van der Waals surface area contributed by atoms with Crippen molar-refractivity contribution < 1.29 is 9.59 Å². The number of carbonyl (C=O) groups excluding carboxylic acids is 2. The minimum absolute atomic E-state index is 0.00136. The van der Waals surface area contributed by atoms with Gasteiger partial charge in [0.15, 0.2) is 0 Å². The molecular formula is C22H26N4O2S. The summed E-state index contributed by atoms with van der Waals surface area (Å²) in [5.74, 6) is 0.472. The van der Waals surface area contributed by atoms with E-state index in [2.05, 4.69) is 27.4 Å². The van der Waals surface area contributed by atoms with E-state index in [4.69, 9.17) is 0 Å². The number of pyridine rings is 1. The quantitative estimate of drug-likeness (QED) is 0.790. The highest BCUT2D eigenvalue weighted by molar-refractivity contribution is 7.99. The number of aromatic nitrogens is 1. The molecule has 3 aliphatic heterocycles. The third-order valence-electron chi connectivity index (χ3n) is 5.86. The zero-order valence-corrected chi connectivity index (χ0v) is 17.5. The van der Waals surface area contributed by atoms with Gasteiger partial charge in [-0.1, -0.05) is 11.8 Å². The van der Waals surface area contributed by atoms with Gasteiger partial charge in [-0.15, -0.1) is 0 Å². The standard InChI is InChI=1S/C22H26N4O2S/c1-14-21(16-7-9-26(14)10-8-16)25-22(28)17-3-5-19(6-4-17)29-20-11-18(12-23-13-20)24-15(2)27/h3-6,11-14,16,21H,7-10H2,1-2H3,(H,24,27)(H,25,28)/t14-,21-/m0/s1. The van der Waals surface area contributed by atoms with E-state index in [-0.39, 0.29) is 17.9 Å². The zero-order valence-electron chi connectivity index (χ0n) is 16.7. The normalized spacial score (nSPS) is 25.4. The molecule has 2 N–H and O–H groups in total. The first kappa shape index (κ1) is 19.9. The Morgan fingerprint density at radius 3 is 2.48 bits per heavy atom. The lowest BCUT2D eigenvalue weighted by molar-refractivity contribution is -0.114. The van der Waals surface area contributed by atoms with Crippen molar-refractivity contribution in [3.05, 3.63) is 48.3 Å². The van der Waals surface area contributed by atoms with Crippen LogP contribution in [0.4, 0.5) is 5.69 Å². The van der Waals surface area contributed by atoms with Gasteiger partial charge in [-0.25, -0.2) is 0 Å². The fraction of sp³-hybridized carbons (Fsp3) is 0.409. The average molecular weight is 411 g/mol. The second kappa shape index (κ2) is 8.55. The van der Waals surface area contributed by atoms with Crippen molar-refractivity contribution in [1.82, 2.24) is 15.2 Å². The van der Waals surface area contributed by atoms with Gasteiger partial charge in [0.2, 0.25) is 5.91 Å². The first-order chi connectivity index (χ1) is 14.0. The van der Waals surface area contributed by atoms with Crippen LogP contribution in [0.3, 0.4) is 0 Å². The van der Waals surface area contributed by atoms with Crippen LogP contribution < -0.4 is 10.6 Å². The van der Waals surface area contributed by atoms with E-state index >= 15 is 0 Å². The summed E-state index contributed by atoms with van der Waals surface area (Å²) in [6.07, 6.45) is 5.73. The Bertz CT molecular complexity index is 892. The van der Waals surface area contributed by atoms with Crippen molar-refractivity contribution >= 4 is 29.3 Å². The first-order valence-corrected chi connectivity index (χ1v) is 10.9. The van der Waals surface area contributed by atoms with E-state index in [1.54, 1.807) is 24.2 Å². The summed E-state index contributed by atoms with van der Waals surface area (Å²) in [4.78, 5) is 32.6. The fourth-order valence-corrected chi connectivity index (χ4v) is 5.18. The fourth-order valence-electron chi connectivity index (χ4n) is 4.34. The Labute approximate surface area is 175 Å². The van der Waals surface area contributed by atoms with Gasteiger partial charge in [-0.3, -0.25) is 19.5 Å². The van der Waals surface area contributed by atoms with Crippen molar-refractivity contribution in [3.8, 4) is 0 Å². The largest absolute Gasteiger partial charge is 0.347 e. The van der Waals surface area contributed by atoms with Crippen LogP contribution in [0.2, 0.25) is 0 Å². The maximum atomic E-state index is 12.8. The molecule has 3 saturated heterocycles. The van der Waals surface area contributed by atoms with Crippen LogP contribution in [-0.2, 0) is 4.79 Å². The molecule has 0 saturated carbocycles. The van der Waals surface area contributed by atoms with Crippen molar-refractivity contribution in [2.24, 2.45) is 5.92 Å². The Hall–Kier alpha value is -2.38. The lowest BCUT2D eigenvalue weighted by Crippen LogP contribution is -2.62. The monoisotopic (exact) mass is 410 g/mol. The van der Waals surface area contributed by atoms with Crippen LogP contribution in [0, 0.1) is 5.92 Å². The van der Waals surface area contributed by atoms with Gasteiger partial charge < -0.3 is 10.6 Å². The number of hydrogen-bond donors (Lipinski definition) is 2. The van der Waals surface area contributed by atoms with E-state index in [0.29, 0.717) is 23.2 Å². The Kier molecular flexibility index (Phi) is 5.87. The summed E-state index contributed by atoms with van der Waals surface area (Å²) in [7, 11) is 0. The molecule has 2 amide bonds.